The van der Waals surface area contributed by atoms with Crippen LogP contribution in [0.2, 0.25) is 0 Å². The van der Waals surface area contributed by atoms with Crippen LogP contribution in [0, 0.1) is 12.8 Å². The normalized spacial score (nSPS) is 22.9. The molecule has 2 aromatic rings. The lowest BCUT2D eigenvalue weighted by Crippen LogP contribution is -2.33. The van der Waals surface area contributed by atoms with Gasteiger partial charge in [0.05, 0.1) is 0 Å². The molecule has 2 heterocycles. The number of carbonyl (C=O) groups is 1. The molecule has 1 N–H and O–H groups in total. The topological polar surface area (TPSA) is 59.8 Å². The highest BCUT2D eigenvalue weighted by Crippen LogP contribution is 2.41. The molecule has 0 bridgehead atoms. The van der Waals surface area contributed by atoms with Gasteiger partial charge in [-0.25, -0.2) is 4.68 Å². The van der Waals surface area contributed by atoms with Gasteiger partial charge in [0.15, 0.2) is 5.78 Å². The number of rotatable bonds is 2. The van der Waals surface area contributed by atoms with Crippen molar-refractivity contribution in [2.75, 3.05) is 11.6 Å². The Labute approximate surface area is 145 Å². The fraction of sp³-hybridized carbons (Fsp3) is 0.389. The molecule has 1 aromatic heterocycles. The quantitative estimate of drug-likeness (QED) is 0.847. The summed E-state index contributed by atoms with van der Waals surface area (Å²) in [5, 5.41) is 8.69. The first-order chi connectivity index (χ1) is 11.6. The number of ketones is 1. The number of nitrogens with one attached hydrogen (secondary N) is 1. The predicted octanol–water partition coefficient (Wildman–Crippen LogP) is 3.58. The van der Waals surface area contributed by atoms with Crippen molar-refractivity contribution in [2.45, 2.75) is 37.9 Å². The summed E-state index contributed by atoms with van der Waals surface area (Å²) in [5.41, 5.74) is 4.14. The molecule has 0 saturated heterocycles. The summed E-state index contributed by atoms with van der Waals surface area (Å²) in [6.45, 7) is 4.19. The Hall–Kier alpha value is -2.08. The van der Waals surface area contributed by atoms with E-state index in [0.29, 0.717) is 12.3 Å². The zero-order chi connectivity index (χ0) is 16.8. The van der Waals surface area contributed by atoms with Crippen molar-refractivity contribution in [1.29, 1.82) is 0 Å². The first kappa shape index (κ1) is 15.4. The van der Waals surface area contributed by atoms with Crippen LogP contribution in [0.4, 0.5) is 5.95 Å². The lowest BCUT2D eigenvalue weighted by atomic mass is 9.81. The summed E-state index contributed by atoms with van der Waals surface area (Å²) in [6, 6.07) is 8.15. The molecule has 2 aliphatic rings. The third-order valence-electron chi connectivity index (χ3n) is 4.68. The molecule has 2 atom stereocenters. The minimum Gasteiger partial charge on any atom is -0.328 e. The fourth-order valence-corrected chi connectivity index (χ4v) is 3.88. The minimum absolute atomic E-state index is 0.190. The zero-order valence-electron chi connectivity index (χ0n) is 14.0. The fourth-order valence-electron chi connectivity index (χ4n) is 3.53. The van der Waals surface area contributed by atoms with Crippen LogP contribution in [0.25, 0.3) is 0 Å². The number of thioether (sulfide) groups is 1. The largest absolute Gasteiger partial charge is 0.328 e. The average molecular weight is 340 g/mol. The highest BCUT2D eigenvalue weighted by atomic mass is 32.2. The number of allylic oxidation sites excluding steroid dienone is 2. The molecule has 0 spiro atoms. The summed E-state index contributed by atoms with van der Waals surface area (Å²) in [5.74, 6) is 1.30. The number of hydrogen-bond acceptors (Lipinski definition) is 5. The van der Waals surface area contributed by atoms with Crippen LogP contribution in [-0.4, -0.2) is 26.8 Å². The van der Waals surface area contributed by atoms with Crippen molar-refractivity contribution in [1.82, 2.24) is 14.8 Å². The van der Waals surface area contributed by atoms with E-state index in [1.54, 1.807) is 0 Å². The van der Waals surface area contributed by atoms with Crippen molar-refractivity contribution >= 4 is 23.5 Å². The van der Waals surface area contributed by atoms with E-state index in [1.165, 1.54) is 17.3 Å². The standard InChI is InChI=1S/C18H20N4OS/c1-10-4-6-12(7-5-10)16-15-13(8-11(2)9-14(15)23)19-17-20-18(24-3)21-22(16)17/h4-7,11,16H,8-9H2,1-3H3,(H,19,20,21)/t11-,16-/m1/s1. The second-order valence-electron chi connectivity index (χ2n) is 6.63. The molecule has 1 aliphatic carbocycles. The Morgan fingerprint density at radius 3 is 2.71 bits per heavy atom. The molecule has 0 fully saturated rings. The molecule has 124 valence electrons. The van der Waals surface area contributed by atoms with Gasteiger partial charge in [0.25, 0.3) is 0 Å². The van der Waals surface area contributed by atoms with Gasteiger partial charge >= 0.3 is 0 Å². The number of benzene rings is 1. The van der Waals surface area contributed by atoms with Gasteiger partial charge in [-0.05, 0) is 31.1 Å². The number of fused-ring (bicyclic) bond motifs is 1. The Kier molecular flexibility index (Phi) is 3.72. The van der Waals surface area contributed by atoms with Crippen LogP contribution in [-0.2, 0) is 4.79 Å². The molecule has 0 unspecified atom stereocenters. The molecular formula is C18H20N4OS. The van der Waals surface area contributed by atoms with Crippen LogP contribution in [0.3, 0.4) is 0 Å². The average Bonchev–Trinajstić information content (AvgIpc) is 2.96. The summed E-state index contributed by atoms with van der Waals surface area (Å²) < 4.78 is 1.86. The van der Waals surface area contributed by atoms with Crippen molar-refractivity contribution < 1.29 is 4.79 Å². The maximum Gasteiger partial charge on any atom is 0.227 e. The van der Waals surface area contributed by atoms with Crippen LogP contribution in [0.5, 0.6) is 0 Å². The van der Waals surface area contributed by atoms with E-state index in [-0.39, 0.29) is 11.8 Å². The summed E-state index contributed by atoms with van der Waals surface area (Å²) in [4.78, 5) is 17.4. The minimum atomic E-state index is -0.190. The van der Waals surface area contributed by atoms with Gasteiger partial charge in [-0.15, -0.1) is 5.10 Å². The van der Waals surface area contributed by atoms with E-state index >= 15 is 0 Å². The van der Waals surface area contributed by atoms with E-state index in [0.717, 1.165) is 34.4 Å². The molecule has 5 nitrogen and oxygen atoms in total. The molecule has 1 aliphatic heterocycles. The van der Waals surface area contributed by atoms with Crippen LogP contribution >= 0.6 is 11.8 Å². The second kappa shape index (κ2) is 5.77. The summed E-state index contributed by atoms with van der Waals surface area (Å²) in [6.07, 6.45) is 3.44. The molecule has 0 amide bonds. The summed E-state index contributed by atoms with van der Waals surface area (Å²) >= 11 is 1.51. The number of nitrogens with zero attached hydrogens (tertiary/aromatic N) is 3. The first-order valence-corrected chi connectivity index (χ1v) is 9.39. The highest BCUT2D eigenvalue weighted by Gasteiger charge is 2.38. The number of Topliss-reactive ketones (excluding diaryl/α,β-unsaturated/α-hetero) is 1. The molecule has 6 heteroatoms. The van der Waals surface area contributed by atoms with Crippen LogP contribution < -0.4 is 5.32 Å². The first-order valence-electron chi connectivity index (χ1n) is 8.17. The zero-order valence-corrected chi connectivity index (χ0v) is 14.9. The maximum atomic E-state index is 12.8. The van der Waals surface area contributed by atoms with E-state index in [2.05, 4.69) is 53.5 Å². The van der Waals surface area contributed by atoms with Gasteiger partial charge in [-0.3, -0.25) is 4.79 Å². The van der Waals surface area contributed by atoms with E-state index < -0.39 is 0 Å². The third kappa shape index (κ3) is 2.45. The second-order valence-corrected chi connectivity index (χ2v) is 7.41. The van der Waals surface area contributed by atoms with Gasteiger partial charge in [0, 0.05) is 17.7 Å². The van der Waals surface area contributed by atoms with Crippen molar-refractivity contribution in [3.63, 3.8) is 0 Å². The molecule has 24 heavy (non-hydrogen) atoms. The van der Waals surface area contributed by atoms with Gasteiger partial charge < -0.3 is 5.32 Å². The van der Waals surface area contributed by atoms with Gasteiger partial charge in [0.2, 0.25) is 11.1 Å². The Bertz CT molecular complexity index is 837. The molecule has 4 rings (SSSR count). The van der Waals surface area contributed by atoms with Gasteiger partial charge in [-0.1, -0.05) is 48.5 Å². The highest BCUT2D eigenvalue weighted by molar-refractivity contribution is 7.98. The number of aryl methyl sites for hydroxylation is 1. The van der Waals surface area contributed by atoms with Gasteiger partial charge in [-0.2, -0.15) is 4.98 Å². The van der Waals surface area contributed by atoms with Crippen LogP contribution in [0.15, 0.2) is 40.7 Å². The predicted molar refractivity (Wildman–Crippen MR) is 95.2 cm³/mol. The lowest BCUT2D eigenvalue weighted by Gasteiger charge is -2.34. The number of aromatic nitrogens is 3. The number of hydrogen-bond donors (Lipinski definition) is 1. The number of carbonyl (C=O) groups excluding carboxylic acids is 1. The maximum absolute atomic E-state index is 12.8. The number of anilines is 1. The van der Waals surface area contributed by atoms with Crippen LogP contribution in [0.1, 0.15) is 36.9 Å². The van der Waals surface area contributed by atoms with Crippen molar-refractivity contribution in [3.05, 3.63) is 46.7 Å². The van der Waals surface area contributed by atoms with E-state index in [4.69, 9.17) is 0 Å². The SMILES string of the molecule is CSc1nc2n(n1)[C@H](c1ccc(C)cc1)C1=C(C[C@@H](C)CC1=O)N2. The third-order valence-corrected chi connectivity index (χ3v) is 5.22. The lowest BCUT2D eigenvalue weighted by molar-refractivity contribution is -0.117. The molecule has 0 radical (unpaired) electrons. The Balaban J connectivity index is 1.90. The molecule has 1 aromatic carbocycles. The van der Waals surface area contributed by atoms with Crippen molar-refractivity contribution in [2.24, 2.45) is 5.92 Å². The van der Waals surface area contributed by atoms with E-state index in [9.17, 15) is 4.79 Å². The molecular weight excluding hydrogens is 320 g/mol. The Morgan fingerprint density at radius 2 is 2.00 bits per heavy atom. The molecule has 0 saturated carbocycles. The van der Waals surface area contributed by atoms with Crippen molar-refractivity contribution in [3.8, 4) is 0 Å². The van der Waals surface area contributed by atoms with E-state index in [1.807, 2.05) is 10.9 Å². The van der Waals surface area contributed by atoms with Gasteiger partial charge in [0.1, 0.15) is 6.04 Å². The monoisotopic (exact) mass is 340 g/mol. The summed E-state index contributed by atoms with van der Waals surface area (Å²) in [7, 11) is 0. The Morgan fingerprint density at radius 1 is 1.25 bits per heavy atom. The smallest absolute Gasteiger partial charge is 0.227 e.